The van der Waals surface area contributed by atoms with E-state index in [9.17, 15) is 4.79 Å². The number of hydrogen-bond donors (Lipinski definition) is 1. The highest BCUT2D eigenvalue weighted by Gasteiger charge is 2.15. The number of methoxy groups -OCH3 is 1. The van der Waals surface area contributed by atoms with E-state index in [1.165, 1.54) is 0 Å². The van der Waals surface area contributed by atoms with Gasteiger partial charge >= 0.3 is 5.97 Å². The number of aliphatic carboxylic acids is 1. The standard InChI is InChI=1S/C14H14O3S/c1-9(14(15)16)11-7-13(18-8-11)10-3-5-12(17-2)6-4-10/h3-9H,1-2H3,(H,15,16). The van der Waals surface area contributed by atoms with Gasteiger partial charge in [-0.05, 0) is 53.8 Å². The Labute approximate surface area is 110 Å². The SMILES string of the molecule is COc1ccc(-c2cc(C(C)C(=O)O)cs2)cc1. The molecule has 0 bridgehead atoms. The molecule has 1 aromatic carbocycles. The van der Waals surface area contributed by atoms with E-state index in [0.29, 0.717) is 0 Å². The second-order valence-electron chi connectivity index (χ2n) is 4.03. The van der Waals surface area contributed by atoms with E-state index in [1.807, 2.05) is 35.7 Å². The first kappa shape index (κ1) is 12.6. The molecule has 0 amide bonds. The van der Waals surface area contributed by atoms with E-state index in [-0.39, 0.29) is 0 Å². The molecule has 0 spiro atoms. The van der Waals surface area contributed by atoms with Crippen LogP contribution in [0, 0.1) is 0 Å². The second kappa shape index (κ2) is 5.23. The highest BCUT2D eigenvalue weighted by Crippen LogP contribution is 2.31. The fourth-order valence-corrected chi connectivity index (χ4v) is 2.64. The minimum Gasteiger partial charge on any atom is -0.497 e. The van der Waals surface area contributed by atoms with Crippen molar-refractivity contribution in [3.63, 3.8) is 0 Å². The van der Waals surface area contributed by atoms with E-state index in [4.69, 9.17) is 9.84 Å². The minimum atomic E-state index is -0.797. The van der Waals surface area contributed by atoms with Gasteiger partial charge in [0.05, 0.1) is 13.0 Å². The number of rotatable bonds is 4. The molecule has 94 valence electrons. The van der Waals surface area contributed by atoms with Gasteiger partial charge in [0.15, 0.2) is 0 Å². The van der Waals surface area contributed by atoms with E-state index in [1.54, 1.807) is 25.4 Å². The molecule has 0 saturated heterocycles. The topological polar surface area (TPSA) is 46.5 Å². The maximum absolute atomic E-state index is 10.9. The van der Waals surface area contributed by atoms with E-state index in [2.05, 4.69) is 0 Å². The van der Waals surface area contributed by atoms with Crippen LogP contribution in [0.5, 0.6) is 5.75 Å². The summed E-state index contributed by atoms with van der Waals surface area (Å²) in [5, 5.41) is 10.9. The van der Waals surface area contributed by atoms with Crippen molar-refractivity contribution in [1.29, 1.82) is 0 Å². The summed E-state index contributed by atoms with van der Waals surface area (Å²) in [6, 6.07) is 9.68. The summed E-state index contributed by atoms with van der Waals surface area (Å²) < 4.78 is 5.11. The number of hydrogen-bond acceptors (Lipinski definition) is 3. The van der Waals surface area contributed by atoms with Crippen molar-refractivity contribution >= 4 is 17.3 Å². The molecule has 3 nitrogen and oxygen atoms in total. The summed E-state index contributed by atoms with van der Waals surface area (Å²) in [6.07, 6.45) is 0. The van der Waals surface area contributed by atoms with Crippen molar-refractivity contribution in [2.45, 2.75) is 12.8 Å². The number of carbonyl (C=O) groups is 1. The van der Waals surface area contributed by atoms with Gasteiger partial charge in [0.25, 0.3) is 0 Å². The maximum atomic E-state index is 10.9. The lowest BCUT2D eigenvalue weighted by Crippen LogP contribution is -2.05. The molecule has 4 heteroatoms. The fraction of sp³-hybridized carbons (Fsp3) is 0.214. The maximum Gasteiger partial charge on any atom is 0.310 e. The molecule has 2 aromatic rings. The van der Waals surface area contributed by atoms with E-state index >= 15 is 0 Å². The largest absolute Gasteiger partial charge is 0.497 e. The number of carboxylic acids is 1. The Bertz CT molecular complexity index is 542. The summed E-state index contributed by atoms with van der Waals surface area (Å²) in [7, 11) is 1.63. The fourth-order valence-electron chi connectivity index (χ4n) is 1.63. The number of ether oxygens (including phenoxy) is 1. The van der Waals surface area contributed by atoms with Crippen LogP contribution in [-0.4, -0.2) is 18.2 Å². The van der Waals surface area contributed by atoms with Crippen molar-refractivity contribution in [2.75, 3.05) is 7.11 Å². The van der Waals surface area contributed by atoms with Gasteiger partial charge in [-0.15, -0.1) is 11.3 Å². The predicted molar refractivity (Wildman–Crippen MR) is 72.4 cm³/mol. The van der Waals surface area contributed by atoms with Gasteiger partial charge in [-0.25, -0.2) is 0 Å². The predicted octanol–water partition coefficient (Wildman–Crippen LogP) is 3.61. The summed E-state index contributed by atoms with van der Waals surface area (Å²) in [5.74, 6) is -0.447. The number of benzene rings is 1. The monoisotopic (exact) mass is 262 g/mol. The first-order valence-corrected chi connectivity index (χ1v) is 6.45. The Morgan fingerprint density at radius 3 is 2.56 bits per heavy atom. The van der Waals surface area contributed by atoms with Crippen LogP contribution in [0.25, 0.3) is 10.4 Å². The summed E-state index contributed by atoms with van der Waals surface area (Å²) in [5.41, 5.74) is 1.92. The van der Waals surface area contributed by atoms with Crippen LogP contribution in [0.3, 0.4) is 0 Å². The first-order chi connectivity index (χ1) is 8.61. The molecule has 0 aliphatic rings. The van der Waals surface area contributed by atoms with Crippen LogP contribution in [0.2, 0.25) is 0 Å². The van der Waals surface area contributed by atoms with Crippen molar-refractivity contribution in [3.8, 4) is 16.2 Å². The highest BCUT2D eigenvalue weighted by molar-refractivity contribution is 7.13. The Kier molecular flexibility index (Phi) is 3.67. The van der Waals surface area contributed by atoms with Crippen molar-refractivity contribution in [1.82, 2.24) is 0 Å². The molecule has 1 heterocycles. The lowest BCUT2D eigenvalue weighted by atomic mass is 10.0. The molecule has 1 atom stereocenters. The van der Waals surface area contributed by atoms with Crippen molar-refractivity contribution in [3.05, 3.63) is 41.3 Å². The van der Waals surface area contributed by atoms with Crippen LogP contribution < -0.4 is 4.74 Å². The molecule has 0 saturated carbocycles. The van der Waals surface area contributed by atoms with Gasteiger partial charge in [0, 0.05) is 4.88 Å². The van der Waals surface area contributed by atoms with Crippen LogP contribution >= 0.6 is 11.3 Å². The molecular weight excluding hydrogens is 248 g/mol. The Balaban J connectivity index is 2.26. The zero-order chi connectivity index (χ0) is 13.1. The molecule has 18 heavy (non-hydrogen) atoms. The third kappa shape index (κ3) is 2.54. The Hall–Kier alpha value is -1.81. The van der Waals surface area contributed by atoms with E-state index in [0.717, 1.165) is 21.8 Å². The smallest absolute Gasteiger partial charge is 0.310 e. The summed E-state index contributed by atoms with van der Waals surface area (Å²) in [6.45, 7) is 1.70. The van der Waals surface area contributed by atoms with Gasteiger partial charge in [-0.2, -0.15) is 0 Å². The minimum absolute atomic E-state index is 0.465. The average molecular weight is 262 g/mol. The molecule has 0 aliphatic carbocycles. The normalized spacial score (nSPS) is 12.1. The van der Waals surface area contributed by atoms with Gasteiger partial charge < -0.3 is 9.84 Å². The zero-order valence-corrected chi connectivity index (χ0v) is 11.0. The third-order valence-electron chi connectivity index (χ3n) is 2.86. The quantitative estimate of drug-likeness (QED) is 0.915. The van der Waals surface area contributed by atoms with E-state index < -0.39 is 11.9 Å². The van der Waals surface area contributed by atoms with Gasteiger partial charge in [-0.3, -0.25) is 4.79 Å². The molecule has 2 rings (SSSR count). The van der Waals surface area contributed by atoms with Crippen LogP contribution in [-0.2, 0) is 4.79 Å². The van der Waals surface area contributed by atoms with Crippen molar-refractivity contribution in [2.24, 2.45) is 0 Å². The van der Waals surface area contributed by atoms with Crippen LogP contribution in [0.1, 0.15) is 18.4 Å². The Morgan fingerprint density at radius 1 is 1.33 bits per heavy atom. The van der Waals surface area contributed by atoms with Gasteiger partial charge in [0.1, 0.15) is 5.75 Å². The van der Waals surface area contributed by atoms with Crippen LogP contribution in [0.15, 0.2) is 35.7 Å². The van der Waals surface area contributed by atoms with Crippen LogP contribution in [0.4, 0.5) is 0 Å². The van der Waals surface area contributed by atoms with Gasteiger partial charge in [-0.1, -0.05) is 0 Å². The molecular formula is C14H14O3S. The lowest BCUT2D eigenvalue weighted by molar-refractivity contribution is -0.138. The summed E-state index contributed by atoms with van der Waals surface area (Å²) in [4.78, 5) is 12.0. The zero-order valence-electron chi connectivity index (χ0n) is 10.2. The average Bonchev–Trinajstić information content (AvgIpc) is 2.87. The number of carboxylic acid groups (broad SMARTS) is 1. The number of thiophene rings is 1. The highest BCUT2D eigenvalue weighted by atomic mass is 32.1. The molecule has 1 aromatic heterocycles. The second-order valence-corrected chi connectivity index (χ2v) is 4.94. The van der Waals surface area contributed by atoms with Gasteiger partial charge in [0.2, 0.25) is 0 Å². The third-order valence-corrected chi connectivity index (χ3v) is 3.86. The molecule has 1 N–H and O–H groups in total. The first-order valence-electron chi connectivity index (χ1n) is 5.57. The van der Waals surface area contributed by atoms with Crippen molar-refractivity contribution < 1.29 is 14.6 Å². The summed E-state index contributed by atoms with van der Waals surface area (Å²) >= 11 is 1.56. The Morgan fingerprint density at radius 2 is 2.00 bits per heavy atom. The lowest BCUT2D eigenvalue weighted by Gasteiger charge is -2.02. The molecule has 0 radical (unpaired) electrons. The molecule has 1 unspecified atom stereocenters. The molecule has 0 aliphatic heterocycles. The molecule has 0 fully saturated rings.